The van der Waals surface area contributed by atoms with Crippen molar-refractivity contribution in [3.63, 3.8) is 0 Å². The summed E-state index contributed by atoms with van der Waals surface area (Å²) in [4.78, 5) is 4.47. The van der Waals surface area contributed by atoms with Gasteiger partial charge >= 0.3 is 0 Å². The van der Waals surface area contributed by atoms with Gasteiger partial charge in [-0.15, -0.1) is 0 Å². The van der Waals surface area contributed by atoms with Gasteiger partial charge in [0.25, 0.3) is 0 Å². The smallest absolute Gasteiger partial charge is 0.202 e. The first-order valence-electron chi connectivity index (χ1n) is 6.68. The molecule has 0 spiro atoms. The van der Waals surface area contributed by atoms with Gasteiger partial charge in [0.05, 0.1) is 0 Å². The van der Waals surface area contributed by atoms with Crippen LogP contribution in [0.3, 0.4) is 0 Å². The monoisotopic (exact) mass is 291 g/mol. The van der Waals surface area contributed by atoms with Crippen molar-refractivity contribution < 1.29 is 9.47 Å². The van der Waals surface area contributed by atoms with Crippen molar-refractivity contribution in [3.05, 3.63) is 30.1 Å². The Hall–Kier alpha value is -1.82. The molecular formula is C14H17N3O2S. The Morgan fingerprint density at radius 2 is 2.15 bits per heavy atom. The largest absolute Gasteiger partial charge is 0.485 e. The molecule has 1 aromatic carbocycles. The molecule has 1 atom stereocenters. The second-order valence-electron chi connectivity index (χ2n) is 5.10. The minimum absolute atomic E-state index is 0.240. The number of fused-ring (bicyclic) bond motifs is 1. The predicted octanol–water partition coefficient (Wildman–Crippen LogP) is 3.12. The first-order chi connectivity index (χ1) is 9.72. The van der Waals surface area contributed by atoms with E-state index in [0.29, 0.717) is 18.3 Å². The van der Waals surface area contributed by atoms with Crippen LogP contribution in [0, 0.1) is 5.92 Å². The van der Waals surface area contributed by atoms with Crippen LogP contribution in [0.2, 0.25) is 0 Å². The van der Waals surface area contributed by atoms with E-state index in [9.17, 15) is 0 Å². The van der Waals surface area contributed by atoms with E-state index in [2.05, 4.69) is 28.5 Å². The van der Waals surface area contributed by atoms with Gasteiger partial charge < -0.3 is 14.8 Å². The second kappa shape index (κ2) is 5.66. The zero-order valence-electron chi connectivity index (χ0n) is 11.5. The lowest BCUT2D eigenvalue weighted by Crippen LogP contribution is -2.22. The summed E-state index contributed by atoms with van der Waals surface area (Å²) in [6.07, 6.45) is -0.240. The summed E-state index contributed by atoms with van der Waals surface area (Å²) in [7, 11) is 0. The average Bonchev–Trinajstić information content (AvgIpc) is 2.93. The molecule has 2 heterocycles. The molecule has 0 amide bonds. The predicted molar refractivity (Wildman–Crippen MR) is 78.5 cm³/mol. The minimum Gasteiger partial charge on any atom is -0.485 e. The maximum atomic E-state index is 5.89. The van der Waals surface area contributed by atoms with Gasteiger partial charge in [0.15, 0.2) is 23.4 Å². The summed E-state index contributed by atoms with van der Waals surface area (Å²) in [6.45, 7) is 5.64. The van der Waals surface area contributed by atoms with Crippen LogP contribution in [0.4, 0.5) is 5.13 Å². The summed E-state index contributed by atoms with van der Waals surface area (Å²) in [6, 6.07) is 7.65. The third-order valence-corrected chi connectivity index (χ3v) is 3.59. The lowest BCUT2D eigenvalue weighted by molar-refractivity contribution is 0.0860. The second-order valence-corrected chi connectivity index (χ2v) is 5.85. The minimum atomic E-state index is -0.240. The number of hydrogen-bond donors (Lipinski definition) is 1. The molecule has 1 unspecified atom stereocenters. The Kier molecular flexibility index (Phi) is 3.73. The molecule has 1 aromatic heterocycles. The third-order valence-electron chi connectivity index (χ3n) is 2.90. The number of nitrogens with one attached hydrogen (secondary N) is 1. The zero-order valence-corrected chi connectivity index (χ0v) is 12.3. The highest BCUT2D eigenvalue weighted by Crippen LogP contribution is 2.35. The first-order valence-corrected chi connectivity index (χ1v) is 7.45. The zero-order chi connectivity index (χ0) is 13.9. The molecule has 2 aromatic rings. The van der Waals surface area contributed by atoms with E-state index in [1.54, 1.807) is 0 Å². The Morgan fingerprint density at radius 3 is 2.95 bits per heavy atom. The van der Waals surface area contributed by atoms with E-state index >= 15 is 0 Å². The highest BCUT2D eigenvalue weighted by Gasteiger charge is 2.25. The number of aromatic nitrogens is 2. The molecule has 0 saturated carbocycles. The molecule has 20 heavy (non-hydrogen) atoms. The highest BCUT2D eigenvalue weighted by atomic mass is 32.1. The summed E-state index contributed by atoms with van der Waals surface area (Å²) in [5.41, 5.74) is 0. The fourth-order valence-corrected chi connectivity index (χ4v) is 2.50. The topological polar surface area (TPSA) is 56.3 Å². The van der Waals surface area contributed by atoms with Crippen LogP contribution < -0.4 is 14.8 Å². The van der Waals surface area contributed by atoms with Crippen molar-refractivity contribution >= 4 is 16.7 Å². The van der Waals surface area contributed by atoms with Crippen LogP contribution >= 0.6 is 11.5 Å². The number of anilines is 1. The number of benzene rings is 1. The Bertz CT molecular complexity index is 585. The lowest BCUT2D eigenvalue weighted by atomic mass is 10.2. The van der Waals surface area contributed by atoms with Crippen molar-refractivity contribution in [1.82, 2.24) is 9.36 Å². The van der Waals surface area contributed by atoms with E-state index in [1.165, 1.54) is 11.5 Å². The molecule has 1 aliphatic heterocycles. The van der Waals surface area contributed by atoms with Crippen LogP contribution in [0.25, 0.3) is 0 Å². The fourth-order valence-electron chi connectivity index (χ4n) is 1.88. The van der Waals surface area contributed by atoms with Crippen molar-refractivity contribution in [2.75, 3.05) is 18.5 Å². The van der Waals surface area contributed by atoms with E-state index in [1.807, 2.05) is 24.3 Å². The molecular weight excluding hydrogens is 274 g/mol. The van der Waals surface area contributed by atoms with Gasteiger partial charge in [-0.3, -0.25) is 0 Å². The van der Waals surface area contributed by atoms with E-state index in [4.69, 9.17) is 9.47 Å². The Morgan fingerprint density at radius 1 is 1.35 bits per heavy atom. The molecule has 3 rings (SSSR count). The van der Waals surface area contributed by atoms with E-state index in [0.717, 1.165) is 23.2 Å². The summed E-state index contributed by atoms with van der Waals surface area (Å²) < 4.78 is 15.9. The van der Waals surface area contributed by atoms with Crippen molar-refractivity contribution in [1.29, 1.82) is 0 Å². The SMILES string of the molecule is CC(C)CNc1nc(C2COc3ccccc3O2)ns1. The highest BCUT2D eigenvalue weighted by molar-refractivity contribution is 7.09. The number of rotatable bonds is 4. The van der Waals surface area contributed by atoms with Gasteiger partial charge in [-0.2, -0.15) is 9.36 Å². The van der Waals surface area contributed by atoms with Crippen molar-refractivity contribution in [3.8, 4) is 11.5 Å². The molecule has 6 heteroatoms. The van der Waals surface area contributed by atoms with Crippen LogP contribution in [-0.4, -0.2) is 22.5 Å². The van der Waals surface area contributed by atoms with Crippen LogP contribution in [0.1, 0.15) is 25.8 Å². The quantitative estimate of drug-likeness (QED) is 0.938. The van der Waals surface area contributed by atoms with Crippen molar-refractivity contribution in [2.45, 2.75) is 20.0 Å². The number of hydrogen-bond acceptors (Lipinski definition) is 6. The molecule has 0 saturated heterocycles. The standard InChI is InChI=1S/C14H17N3O2S/c1-9(2)7-15-14-16-13(17-20-14)12-8-18-10-5-3-4-6-11(10)19-12/h3-6,9,12H,7-8H2,1-2H3,(H,15,16,17). The molecule has 106 valence electrons. The first kappa shape index (κ1) is 13.2. The summed E-state index contributed by atoms with van der Waals surface area (Å²) >= 11 is 1.36. The molecule has 0 radical (unpaired) electrons. The maximum absolute atomic E-state index is 5.89. The van der Waals surface area contributed by atoms with Gasteiger partial charge in [0.2, 0.25) is 5.13 Å². The van der Waals surface area contributed by atoms with Gasteiger partial charge in [-0.05, 0) is 18.1 Å². The Balaban J connectivity index is 1.69. The van der Waals surface area contributed by atoms with Gasteiger partial charge in [0, 0.05) is 18.1 Å². The van der Waals surface area contributed by atoms with Gasteiger partial charge in [-0.1, -0.05) is 26.0 Å². The number of ether oxygens (including phenoxy) is 2. The normalized spacial score (nSPS) is 17.2. The van der Waals surface area contributed by atoms with Crippen LogP contribution in [-0.2, 0) is 0 Å². The van der Waals surface area contributed by atoms with Gasteiger partial charge in [-0.25, -0.2) is 0 Å². The number of para-hydroxylation sites is 2. The van der Waals surface area contributed by atoms with Gasteiger partial charge in [0.1, 0.15) is 6.61 Å². The summed E-state index contributed by atoms with van der Waals surface area (Å²) in [5.74, 6) is 2.77. The van der Waals surface area contributed by atoms with Crippen LogP contribution in [0.5, 0.6) is 11.5 Å². The molecule has 0 bridgehead atoms. The molecule has 5 nitrogen and oxygen atoms in total. The van der Waals surface area contributed by atoms with Crippen molar-refractivity contribution in [2.24, 2.45) is 5.92 Å². The fraction of sp³-hybridized carbons (Fsp3) is 0.429. The molecule has 0 aliphatic carbocycles. The molecule has 1 N–H and O–H groups in total. The van der Waals surface area contributed by atoms with E-state index in [-0.39, 0.29) is 6.10 Å². The molecule has 0 fully saturated rings. The van der Waals surface area contributed by atoms with E-state index < -0.39 is 0 Å². The Labute approximate surface area is 122 Å². The third kappa shape index (κ3) is 2.85. The maximum Gasteiger partial charge on any atom is 0.202 e. The average molecular weight is 291 g/mol. The molecule has 1 aliphatic rings. The summed E-state index contributed by atoms with van der Waals surface area (Å²) in [5, 5.41) is 4.10. The number of nitrogens with zero attached hydrogens (tertiary/aromatic N) is 2. The lowest BCUT2D eigenvalue weighted by Gasteiger charge is -2.24. The van der Waals surface area contributed by atoms with Crippen LogP contribution in [0.15, 0.2) is 24.3 Å².